The molecular weight excluding hydrogens is 249 g/mol. The van der Waals surface area contributed by atoms with Gasteiger partial charge in [0, 0.05) is 11.1 Å². The molecule has 0 N–H and O–H groups in total. The van der Waals surface area contributed by atoms with Crippen LogP contribution in [-0.2, 0) is 6.18 Å². The molecule has 1 aromatic heterocycles. The third kappa shape index (κ3) is 2.36. The summed E-state index contributed by atoms with van der Waals surface area (Å²) in [6.45, 7) is 1.76. The van der Waals surface area contributed by atoms with Crippen LogP contribution in [0.3, 0.4) is 0 Å². The molecule has 0 spiro atoms. The molecule has 0 saturated carbocycles. The number of halogens is 3. The predicted molar refractivity (Wildman–Crippen MR) is 61.1 cm³/mol. The van der Waals surface area contributed by atoms with Crippen molar-refractivity contribution < 1.29 is 13.2 Å². The Hall–Kier alpha value is -1.30. The standard InChI is InChI=1S/C11H9F3N2S/c1-6-8-4-3-7(11(12,13)14)5-9(8)16-10(15-6)17-2/h3-5H,1-2H3. The van der Waals surface area contributed by atoms with Crippen molar-refractivity contribution in [3.8, 4) is 0 Å². The Morgan fingerprint density at radius 1 is 1.18 bits per heavy atom. The van der Waals surface area contributed by atoms with Crippen molar-refractivity contribution in [1.29, 1.82) is 0 Å². The van der Waals surface area contributed by atoms with Gasteiger partial charge in [-0.25, -0.2) is 9.97 Å². The van der Waals surface area contributed by atoms with E-state index in [0.717, 1.165) is 12.1 Å². The molecule has 6 heteroatoms. The number of fused-ring (bicyclic) bond motifs is 1. The molecule has 0 aliphatic rings. The van der Waals surface area contributed by atoms with Crippen LogP contribution in [0.5, 0.6) is 0 Å². The number of nitrogens with zero attached hydrogens (tertiary/aromatic N) is 2. The van der Waals surface area contributed by atoms with Crippen LogP contribution >= 0.6 is 11.8 Å². The molecule has 0 aliphatic heterocycles. The number of benzene rings is 1. The summed E-state index contributed by atoms with van der Waals surface area (Å²) >= 11 is 1.31. The van der Waals surface area contributed by atoms with Gasteiger partial charge in [-0.2, -0.15) is 13.2 Å². The van der Waals surface area contributed by atoms with Crippen LogP contribution in [-0.4, -0.2) is 16.2 Å². The maximum Gasteiger partial charge on any atom is 0.416 e. The van der Waals surface area contributed by atoms with Crippen LogP contribution in [0.15, 0.2) is 23.4 Å². The highest BCUT2D eigenvalue weighted by molar-refractivity contribution is 7.98. The van der Waals surface area contributed by atoms with E-state index in [9.17, 15) is 13.2 Å². The second kappa shape index (κ2) is 4.18. The monoisotopic (exact) mass is 258 g/mol. The summed E-state index contributed by atoms with van der Waals surface area (Å²) in [5.74, 6) is 0. The number of hydrogen-bond donors (Lipinski definition) is 0. The maximum atomic E-state index is 12.6. The third-order valence-electron chi connectivity index (χ3n) is 2.38. The van der Waals surface area contributed by atoms with Crippen molar-refractivity contribution in [3.05, 3.63) is 29.5 Å². The summed E-state index contributed by atoms with van der Waals surface area (Å²) in [7, 11) is 0. The van der Waals surface area contributed by atoms with Crippen molar-refractivity contribution in [2.75, 3.05) is 6.26 Å². The van der Waals surface area contributed by atoms with Gasteiger partial charge in [-0.1, -0.05) is 17.8 Å². The lowest BCUT2D eigenvalue weighted by molar-refractivity contribution is -0.137. The smallest absolute Gasteiger partial charge is 0.227 e. The van der Waals surface area contributed by atoms with Gasteiger partial charge in [-0.05, 0) is 25.3 Å². The highest BCUT2D eigenvalue weighted by atomic mass is 32.2. The molecule has 1 heterocycles. The zero-order valence-corrected chi connectivity index (χ0v) is 9.99. The number of hydrogen-bond acceptors (Lipinski definition) is 3. The third-order valence-corrected chi connectivity index (χ3v) is 2.92. The first kappa shape index (κ1) is 12.2. The topological polar surface area (TPSA) is 25.8 Å². The lowest BCUT2D eigenvalue weighted by atomic mass is 10.1. The highest BCUT2D eigenvalue weighted by Crippen LogP contribution is 2.31. The molecule has 0 atom stereocenters. The number of alkyl halides is 3. The van der Waals surface area contributed by atoms with Crippen molar-refractivity contribution in [2.45, 2.75) is 18.3 Å². The molecule has 2 rings (SSSR count). The van der Waals surface area contributed by atoms with Gasteiger partial charge in [0.1, 0.15) is 0 Å². The van der Waals surface area contributed by atoms with Gasteiger partial charge in [-0.15, -0.1) is 0 Å². The first-order valence-corrected chi connectivity index (χ1v) is 6.04. The second-order valence-corrected chi connectivity index (χ2v) is 4.30. The molecule has 0 bridgehead atoms. The molecule has 0 amide bonds. The van der Waals surface area contributed by atoms with E-state index in [-0.39, 0.29) is 0 Å². The van der Waals surface area contributed by atoms with E-state index in [1.807, 2.05) is 0 Å². The fourth-order valence-corrected chi connectivity index (χ4v) is 1.95. The molecule has 0 aliphatic carbocycles. The summed E-state index contributed by atoms with van der Waals surface area (Å²) in [6.07, 6.45) is -2.55. The van der Waals surface area contributed by atoms with E-state index in [4.69, 9.17) is 0 Å². The Balaban J connectivity index is 2.68. The Morgan fingerprint density at radius 2 is 1.88 bits per heavy atom. The molecule has 1 aromatic carbocycles. The van der Waals surface area contributed by atoms with Crippen LogP contribution in [0.25, 0.3) is 10.9 Å². The minimum atomic E-state index is -4.34. The Bertz CT molecular complexity index is 566. The SMILES string of the molecule is CSc1nc(C)c2ccc(C(F)(F)F)cc2n1. The van der Waals surface area contributed by atoms with E-state index in [2.05, 4.69) is 9.97 Å². The molecular formula is C11H9F3N2S. The minimum Gasteiger partial charge on any atom is -0.227 e. The first-order chi connectivity index (χ1) is 7.91. The van der Waals surface area contributed by atoms with Gasteiger partial charge in [-0.3, -0.25) is 0 Å². The fourth-order valence-electron chi connectivity index (χ4n) is 1.53. The fraction of sp³-hybridized carbons (Fsp3) is 0.273. The molecule has 0 unspecified atom stereocenters. The normalized spacial score (nSPS) is 12.1. The van der Waals surface area contributed by atoms with E-state index >= 15 is 0 Å². The summed E-state index contributed by atoms with van der Waals surface area (Å²) in [5, 5.41) is 1.13. The molecule has 17 heavy (non-hydrogen) atoms. The number of thioether (sulfide) groups is 1. The zero-order valence-electron chi connectivity index (χ0n) is 9.17. The largest absolute Gasteiger partial charge is 0.416 e. The Kier molecular flexibility index (Phi) is 2.99. The average Bonchev–Trinajstić information content (AvgIpc) is 2.27. The van der Waals surface area contributed by atoms with Gasteiger partial charge in [0.2, 0.25) is 0 Å². The minimum absolute atomic E-state index is 0.330. The van der Waals surface area contributed by atoms with Gasteiger partial charge in [0.15, 0.2) is 5.16 Å². The van der Waals surface area contributed by atoms with Crippen LogP contribution < -0.4 is 0 Å². The summed E-state index contributed by atoms with van der Waals surface area (Å²) in [4.78, 5) is 8.26. The van der Waals surface area contributed by atoms with Gasteiger partial charge < -0.3 is 0 Å². The number of aryl methyl sites for hydroxylation is 1. The van der Waals surface area contributed by atoms with Crippen molar-refractivity contribution >= 4 is 22.7 Å². The van der Waals surface area contributed by atoms with Crippen LogP contribution in [0.1, 0.15) is 11.3 Å². The molecule has 2 nitrogen and oxygen atoms in total. The number of rotatable bonds is 1. The molecule has 90 valence electrons. The van der Waals surface area contributed by atoms with Crippen molar-refractivity contribution in [2.24, 2.45) is 0 Å². The second-order valence-electron chi connectivity index (χ2n) is 3.53. The van der Waals surface area contributed by atoms with Crippen LogP contribution in [0.2, 0.25) is 0 Å². The Morgan fingerprint density at radius 3 is 2.47 bits per heavy atom. The predicted octanol–water partition coefficient (Wildman–Crippen LogP) is 3.68. The lowest BCUT2D eigenvalue weighted by Gasteiger charge is -2.09. The van der Waals surface area contributed by atoms with Crippen LogP contribution in [0.4, 0.5) is 13.2 Å². The quantitative estimate of drug-likeness (QED) is 0.576. The molecule has 0 saturated heterocycles. The maximum absolute atomic E-state index is 12.6. The summed E-state index contributed by atoms with van der Waals surface area (Å²) in [5.41, 5.74) is 0.333. The van der Waals surface area contributed by atoms with E-state index in [0.29, 0.717) is 21.8 Å². The molecule has 0 radical (unpaired) electrons. The molecule has 2 aromatic rings. The van der Waals surface area contributed by atoms with Crippen molar-refractivity contribution in [1.82, 2.24) is 9.97 Å². The van der Waals surface area contributed by atoms with Gasteiger partial charge in [0.25, 0.3) is 0 Å². The zero-order chi connectivity index (χ0) is 12.6. The van der Waals surface area contributed by atoms with Gasteiger partial charge in [0.05, 0.1) is 11.1 Å². The molecule has 0 fully saturated rings. The van der Waals surface area contributed by atoms with Gasteiger partial charge >= 0.3 is 6.18 Å². The lowest BCUT2D eigenvalue weighted by Crippen LogP contribution is -2.05. The average molecular weight is 258 g/mol. The Labute approximate surface area is 100 Å². The number of aromatic nitrogens is 2. The highest BCUT2D eigenvalue weighted by Gasteiger charge is 2.30. The van der Waals surface area contributed by atoms with E-state index in [1.54, 1.807) is 13.2 Å². The van der Waals surface area contributed by atoms with Crippen LogP contribution in [0, 0.1) is 6.92 Å². The summed E-state index contributed by atoms with van der Waals surface area (Å²) in [6, 6.07) is 3.53. The van der Waals surface area contributed by atoms with E-state index < -0.39 is 11.7 Å². The van der Waals surface area contributed by atoms with Crippen molar-refractivity contribution in [3.63, 3.8) is 0 Å². The first-order valence-electron chi connectivity index (χ1n) is 4.81. The summed E-state index contributed by atoms with van der Waals surface area (Å²) < 4.78 is 37.7. The van der Waals surface area contributed by atoms with E-state index in [1.165, 1.54) is 17.8 Å².